The van der Waals surface area contributed by atoms with E-state index in [-0.39, 0.29) is 30.1 Å². The van der Waals surface area contributed by atoms with Crippen LogP contribution < -0.4 is 5.32 Å². The highest BCUT2D eigenvalue weighted by molar-refractivity contribution is 5.79. The first-order valence-corrected chi connectivity index (χ1v) is 11.1. The average Bonchev–Trinajstić information content (AvgIpc) is 2.80. The molecule has 0 radical (unpaired) electrons. The zero-order valence-corrected chi connectivity index (χ0v) is 18.5. The molecule has 1 aliphatic heterocycles. The lowest BCUT2D eigenvalue weighted by Gasteiger charge is -2.37. The molecule has 0 saturated carbocycles. The van der Waals surface area contributed by atoms with Crippen molar-refractivity contribution in [1.29, 1.82) is 0 Å². The second-order valence-electron chi connectivity index (χ2n) is 8.82. The summed E-state index contributed by atoms with van der Waals surface area (Å²) in [5, 5.41) is 3.03. The zero-order valence-electron chi connectivity index (χ0n) is 18.5. The normalized spacial score (nSPS) is 18.8. The minimum Gasteiger partial charge on any atom is -0.352 e. The highest BCUT2D eigenvalue weighted by atomic mass is 19.1. The number of halogens is 3. The third-order valence-corrected chi connectivity index (χ3v) is 6.20. The molecule has 0 bridgehead atoms. The van der Waals surface area contributed by atoms with E-state index < -0.39 is 11.6 Å². The van der Waals surface area contributed by atoms with Crippen LogP contribution in [0.1, 0.15) is 34.6 Å². The summed E-state index contributed by atoms with van der Waals surface area (Å²) in [5.41, 5.74) is 3.48. The van der Waals surface area contributed by atoms with Crippen LogP contribution in [0.5, 0.6) is 0 Å². The Morgan fingerprint density at radius 2 is 1.73 bits per heavy atom. The van der Waals surface area contributed by atoms with Crippen molar-refractivity contribution in [2.45, 2.75) is 32.4 Å². The molecule has 0 unspecified atom stereocenters. The molecule has 33 heavy (non-hydrogen) atoms. The SMILES string of the molecule is Cc1cccc(CNC(=O)[C@@H]2C[C@@H](c3ccc(F)cc3)CN(Cc3ccc(F)cc3F)C2)c1. The zero-order chi connectivity index (χ0) is 23.4. The van der Waals surface area contributed by atoms with Gasteiger partial charge in [0.15, 0.2) is 0 Å². The number of hydrogen-bond acceptors (Lipinski definition) is 2. The molecule has 1 fully saturated rings. The van der Waals surface area contributed by atoms with Crippen LogP contribution >= 0.6 is 0 Å². The molecular weight excluding hydrogens is 425 g/mol. The lowest BCUT2D eigenvalue weighted by atomic mass is 9.83. The summed E-state index contributed by atoms with van der Waals surface area (Å²) >= 11 is 0. The first-order chi connectivity index (χ1) is 15.9. The lowest BCUT2D eigenvalue weighted by Crippen LogP contribution is -2.45. The number of piperidine rings is 1. The highest BCUT2D eigenvalue weighted by Gasteiger charge is 2.32. The summed E-state index contributed by atoms with van der Waals surface area (Å²) < 4.78 is 41.0. The van der Waals surface area contributed by atoms with Crippen LogP contribution in [0.15, 0.2) is 66.7 Å². The van der Waals surface area contributed by atoms with Gasteiger partial charge in [-0.2, -0.15) is 0 Å². The number of amides is 1. The quantitative estimate of drug-likeness (QED) is 0.548. The lowest BCUT2D eigenvalue weighted by molar-refractivity contribution is -0.127. The van der Waals surface area contributed by atoms with Crippen molar-refractivity contribution >= 4 is 5.91 Å². The van der Waals surface area contributed by atoms with Gasteiger partial charge >= 0.3 is 0 Å². The molecule has 0 spiro atoms. The van der Waals surface area contributed by atoms with E-state index in [9.17, 15) is 18.0 Å². The summed E-state index contributed by atoms with van der Waals surface area (Å²) in [6.07, 6.45) is 0.619. The van der Waals surface area contributed by atoms with E-state index in [0.717, 1.165) is 22.8 Å². The van der Waals surface area contributed by atoms with Crippen LogP contribution in [0.4, 0.5) is 13.2 Å². The number of carbonyl (C=O) groups excluding carboxylic acids is 1. The number of nitrogens with zero attached hydrogens (tertiary/aromatic N) is 1. The molecule has 1 amide bonds. The Balaban J connectivity index is 1.50. The molecule has 3 aromatic carbocycles. The van der Waals surface area contributed by atoms with E-state index in [1.807, 2.05) is 36.1 Å². The van der Waals surface area contributed by atoms with Crippen LogP contribution in [0.25, 0.3) is 0 Å². The molecule has 1 heterocycles. The minimum atomic E-state index is -0.618. The maximum Gasteiger partial charge on any atom is 0.224 e. The molecule has 1 saturated heterocycles. The fraction of sp³-hybridized carbons (Fsp3) is 0.296. The van der Waals surface area contributed by atoms with Gasteiger partial charge in [0.05, 0.1) is 5.92 Å². The molecule has 3 nitrogen and oxygen atoms in total. The monoisotopic (exact) mass is 452 g/mol. The summed E-state index contributed by atoms with van der Waals surface area (Å²) in [6, 6.07) is 17.8. The standard InChI is InChI=1S/C27H27F3N2O/c1-18-3-2-4-19(11-18)14-31-27(33)23-12-22(20-5-8-24(28)9-6-20)16-32(17-23)15-21-7-10-25(29)13-26(21)30/h2-11,13,22-23H,12,14-17H2,1H3,(H,31,33)/t22-,23-/m1/s1. The van der Waals surface area contributed by atoms with Gasteiger partial charge in [-0.25, -0.2) is 13.2 Å². The Labute approximate surface area is 192 Å². The Morgan fingerprint density at radius 3 is 2.45 bits per heavy atom. The molecule has 2 atom stereocenters. The molecule has 0 aliphatic carbocycles. The van der Waals surface area contributed by atoms with Crippen LogP contribution in [0.2, 0.25) is 0 Å². The van der Waals surface area contributed by atoms with Gasteiger partial charge in [0.1, 0.15) is 17.5 Å². The van der Waals surface area contributed by atoms with Crippen molar-refractivity contribution < 1.29 is 18.0 Å². The van der Waals surface area contributed by atoms with Gasteiger partial charge in [0.25, 0.3) is 0 Å². The number of hydrogen-bond donors (Lipinski definition) is 1. The number of rotatable bonds is 6. The molecular formula is C27H27F3N2O. The summed E-state index contributed by atoms with van der Waals surface area (Å²) in [7, 11) is 0. The number of carbonyl (C=O) groups is 1. The van der Waals surface area contributed by atoms with Crippen molar-refractivity contribution in [3.8, 4) is 0 Å². The summed E-state index contributed by atoms with van der Waals surface area (Å²) in [6.45, 7) is 3.78. The fourth-order valence-corrected chi connectivity index (χ4v) is 4.53. The fourth-order valence-electron chi connectivity index (χ4n) is 4.53. The molecule has 0 aromatic heterocycles. The highest BCUT2D eigenvalue weighted by Crippen LogP contribution is 2.32. The number of benzene rings is 3. The Kier molecular flexibility index (Phi) is 7.14. The van der Waals surface area contributed by atoms with Crippen molar-refractivity contribution in [3.63, 3.8) is 0 Å². The Hall–Kier alpha value is -3.12. The van der Waals surface area contributed by atoms with Gasteiger partial charge in [-0.15, -0.1) is 0 Å². The van der Waals surface area contributed by atoms with Gasteiger partial charge in [-0.05, 0) is 48.6 Å². The molecule has 1 aliphatic rings. The molecule has 1 N–H and O–H groups in total. The van der Waals surface area contributed by atoms with Crippen molar-refractivity contribution in [3.05, 3.63) is 106 Å². The van der Waals surface area contributed by atoms with Crippen molar-refractivity contribution in [2.75, 3.05) is 13.1 Å². The third-order valence-electron chi connectivity index (χ3n) is 6.20. The topological polar surface area (TPSA) is 32.3 Å². The van der Waals surface area contributed by atoms with Crippen LogP contribution in [0.3, 0.4) is 0 Å². The van der Waals surface area contributed by atoms with Crippen molar-refractivity contribution in [1.82, 2.24) is 10.2 Å². The van der Waals surface area contributed by atoms with Gasteiger partial charge < -0.3 is 5.32 Å². The molecule has 3 aromatic rings. The van der Waals surface area contributed by atoms with Crippen LogP contribution in [-0.4, -0.2) is 23.9 Å². The smallest absolute Gasteiger partial charge is 0.224 e. The van der Waals surface area contributed by atoms with Gasteiger partial charge in [0.2, 0.25) is 5.91 Å². The first kappa shape index (κ1) is 23.1. The van der Waals surface area contributed by atoms with Gasteiger partial charge in [-0.1, -0.05) is 48.0 Å². The molecule has 4 rings (SSSR count). The number of aryl methyl sites for hydroxylation is 1. The third kappa shape index (κ3) is 6.02. The largest absolute Gasteiger partial charge is 0.352 e. The van der Waals surface area contributed by atoms with Gasteiger partial charge in [0, 0.05) is 37.8 Å². The Morgan fingerprint density at radius 1 is 0.970 bits per heavy atom. The molecule has 6 heteroatoms. The maximum atomic E-state index is 14.3. The van der Waals surface area contributed by atoms with Crippen molar-refractivity contribution in [2.24, 2.45) is 5.92 Å². The van der Waals surface area contributed by atoms with Crippen LogP contribution in [-0.2, 0) is 17.9 Å². The van der Waals surface area contributed by atoms with E-state index in [0.29, 0.717) is 31.6 Å². The number of nitrogens with one attached hydrogen (secondary N) is 1. The second-order valence-corrected chi connectivity index (χ2v) is 8.82. The maximum absolute atomic E-state index is 14.3. The Bertz CT molecular complexity index is 1120. The average molecular weight is 453 g/mol. The van der Waals surface area contributed by atoms with Gasteiger partial charge in [-0.3, -0.25) is 9.69 Å². The van der Waals surface area contributed by atoms with E-state index in [1.54, 1.807) is 12.1 Å². The number of likely N-dealkylation sites (tertiary alicyclic amines) is 1. The predicted octanol–water partition coefficient (Wildman–Crippen LogP) is 5.33. The first-order valence-electron chi connectivity index (χ1n) is 11.1. The predicted molar refractivity (Wildman–Crippen MR) is 122 cm³/mol. The molecule has 172 valence electrons. The summed E-state index contributed by atoms with van der Waals surface area (Å²) in [5.74, 6) is -1.90. The van der Waals surface area contributed by atoms with E-state index in [4.69, 9.17) is 0 Å². The second kappa shape index (κ2) is 10.2. The van der Waals surface area contributed by atoms with E-state index in [1.165, 1.54) is 24.3 Å². The van der Waals surface area contributed by atoms with E-state index >= 15 is 0 Å². The summed E-state index contributed by atoms with van der Waals surface area (Å²) in [4.78, 5) is 15.1. The van der Waals surface area contributed by atoms with E-state index in [2.05, 4.69) is 5.32 Å². The van der Waals surface area contributed by atoms with Crippen LogP contribution in [0, 0.1) is 30.3 Å². The minimum absolute atomic E-state index is 0.00224.